The molecule has 0 spiro atoms. The predicted octanol–water partition coefficient (Wildman–Crippen LogP) is 5.88. The number of carbonyl (C=O) groups excluding carboxylic acids is 1. The first-order valence-corrected chi connectivity index (χ1v) is 12.2. The van der Waals surface area contributed by atoms with E-state index in [0.717, 1.165) is 35.2 Å². The minimum Gasteiger partial charge on any atom is -0.322 e. The van der Waals surface area contributed by atoms with Gasteiger partial charge in [-0.15, -0.1) is 0 Å². The Labute approximate surface area is 204 Å². The lowest BCUT2D eigenvalue weighted by Crippen LogP contribution is -2.26. The number of nitrogens with zero attached hydrogens (tertiary/aromatic N) is 2. The van der Waals surface area contributed by atoms with Gasteiger partial charge in [0.2, 0.25) is 0 Å². The van der Waals surface area contributed by atoms with E-state index >= 15 is 0 Å². The molecule has 182 valence electrons. The molecular formula is C26H18F3N3O3S. The summed E-state index contributed by atoms with van der Waals surface area (Å²) in [5, 5.41) is 13.0. The first kappa shape index (κ1) is 24.9. The molecule has 0 atom stereocenters. The second-order valence-electron chi connectivity index (χ2n) is 7.91. The van der Waals surface area contributed by atoms with Gasteiger partial charge in [0.15, 0.2) is 0 Å². The second-order valence-corrected chi connectivity index (χ2v) is 9.82. The molecule has 10 heteroatoms. The molecule has 0 bridgehead atoms. The molecule has 36 heavy (non-hydrogen) atoms. The monoisotopic (exact) mass is 509 g/mol. The van der Waals surface area contributed by atoms with Crippen LogP contribution in [0.1, 0.15) is 28.4 Å². The highest BCUT2D eigenvalue weighted by molar-refractivity contribution is 7.92. The van der Waals surface area contributed by atoms with Crippen molar-refractivity contribution in [2.24, 2.45) is 0 Å². The van der Waals surface area contributed by atoms with Crippen LogP contribution in [-0.4, -0.2) is 24.8 Å². The van der Waals surface area contributed by atoms with E-state index in [1.165, 1.54) is 11.6 Å². The molecule has 0 fully saturated rings. The summed E-state index contributed by atoms with van der Waals surface area (Å²) in [5.41, 5.74) is -3.46. The van der Waals surface area contributed by atoms with E-state index in [1.54, 1.807) is 24.4 Å². The molecule has 3 aromatic carbocycles. The Bertz CT molecular complexity index is 1620. The van der Waals surface area contributed by atoms with Gasteiger partial charge in [-0.2, -0.15) is 18.4 Å². The van der Waals surface area contributed by atoms with Crippen molar-refractivity contribution in [3.8, 4) is 17.3 Å². The number of nitriles is 1. The molecule has 1 aromatic heterocycles. The standard InChI is InChI=1S/C26H18F3N3O3S/c1-2-16-3-6-18(7-4-16)23-13-19-8-9-21(12-20(19)15-31-23)32-25(33)22-11-17(14-30)5-10-24(22)36(34,35)26(27,28)29/h3-13,15H,2H2,1H3,(H,32,33). The van der Waals surface area contributed by atoms with Crippen LogP contribution in [0.15, 0.2) is 77.8 Å². The van der Waals surface area contributed by atoms with Crippen LogP contribution in [0.5, 0.6) is 0 Å². The number of halogens is 3. The average molecular weight is 510 g/mol. The molecule has 0 radical (unpaired) electrons. The maximum Gasteiger partial charge on any atom is 0.501 e. The quantitative estimate of drug-likeness (QED) is 0.362. The highest BCUT2D eigenvalue weighted by Crippen LogP contribution is 2.33. The molecule has 0 unspecified atom stereocenters. The number of alkyl halides is 3. The zero-order valence-corrected chi connectivity index (χ0v) is 19.6. The van der Waals surface area contributed by atoms with Crippen LogP contribution in [0.4, 0.5) is 18.9 Å². The van der Waals surface area contributed by atoms with Gasteiger partial charge < -0.3 is 5.32 Å². The highest BCUT2D eigenvalue weighted by atomic mass is 32.2. The van der Waals surface area contributed by atoms with E-state index in [0.29, 0.717) is 11.5 Å². The van der Waals surface area contributed by atoms with Gasteiger partial charge in [0.05, 0.1) is 27.8 Å². The van der Waals surface area contributed by atoms with Crippen molar-refractivity contribution < 1.29 is 26.4 Å². The van der Waals surface area contributed by atoms with Crippen molar-refractivity contribution in [2.75, 3.05) is 5.32 Å². The number of benzene rings is 3. The molecular weight excluding hydrogens is 491 g/mol. The number of pyridine rings is 1. The predicted molar refractivity (Wildman–Crippen MR) is 129 cm³/mol. The number of carbonyl (C=O) groups is 1. The summed E-state index contributed by atoms with van der Waals surface area (Å²) in [7, 11) is -5.82. The lowest BCUT2D eigenvalue weighted by molar-refractivity contribution is -0.0436. The lowest BCUT2D eigenvalue weighted by atomic mass is 10.0. The minimum atomic E-state index is -5.82. The number of sulfone groups is 1. The fourth-order valence-corrected chi connectivity index (χ4v) is 4.56. The van der Waals surface area contributed by atoms with Crippen molar-refractivity contribution >= 4 is 32.2 Å². The molecule has 0 aliphatic carbocycles. The highest BCUT2D eigenvalue weighted by Gasteiger charge is 2.48. The zero-order valence-electron chi connectivity index (χ0n) is 18.8. The molecule has 0 saturated heterocycles. The van der Waals surface area contributed by atoms with Gasteiger partial charge >= 0.3 is 5.51 Å². The summed E-state index contributed by atoms with van der Waals surface area (Å²) in [6.07, 6.45) is 2.52. The average Bonchev–Trinajstić information content (AvgIpc) is 2.87. The number of hydrogen-bond donors (Lipinski definition) is 1. The topological polar surface area (TPSA) is 99.9 Å². The minimum absolute atomic E-state index is 0.163. The Morgan fingerprint density at radius 1 is 1.00 bits per heavy atom. The Kier molecular flexibility index (Phi) is 6.52. The van der Waals surface area contributed by atoms with Crippen molar-refractivity contribution in [2.45, 2.75) is 23.7 Å². The number of hydrogen-bond acceptors (Lipinski definition) is 5. The smallest absolute Gasteiger partial charge is 0.322 e. The SMILES string of the molecule is CCc1ccc(-c2cc3ccc(NC(=O)c4cc(C#N)ccc4S(=O)(=O)C(F)(F)F)cc3cn2)cc1. The van der Waals surface area contributed by atoms with Crippen LogP contribution < -0.4 is 5.32 Å². The van der Waals surface area contributed by atoms with Crippen molar-refractivity contribution in [1.82, 2.24) is 4.98 Å². The van der Waals surface area contributed by atoms with Gasteiger partial charge in [0.25, 0.3) is 15.7 Å². The third-order valence-corrected chi connectivity index (χ3v) is 7.13. The summed E-state index contributed by atoms with van der Waals surface area (Å²) in [4.78, 5) is 16.1. The summed E-state index contributed by atoms with van der Waals surface area (Å²) >= 11 is 0. The number of nitrogens with one attached hydrogen (secondary N) is 1. The van der Waals surface area contributed by atoms with Crippen molar-refractivity contribution in [1.29, 1.82) is 5.26 Å². The Morgan fingerprint density at radius 2 is 1.72 bits per heavy atom. The summed E-state index contributed by atoms with van der Waals surface area (Å²) < 4.78 is 63.4. The van der Waals surface area contributed by atoms with E-state index < -0.39 is 31.7 Å². The fourth-order valence-electron chi connectivity index (χ4n) is 3.62. The Balaban J connectivity index is 1.66. The molecule has 4 rings (SSSR count). The Hall–Kier alpha value is -4.23. The number of aromatic nitrogens is 1. The molecule has 6 nitrogen and oxygen atoms in total. The summed E-state index contributed by atoms with van der Waals surface area (Å²) in [6, 6.07) is 18.7. The second kappa shape index (κ2) is 9.43. The van der Waals surface area contributed by atoms with Gasteiger partial charge in [-0.05, 0) is 53.8 Å². The van der Waals surface area contributed by atoms with Crippen LogP contribution in [0, 0.1) is 11.3 Å². The third-order valence-electron chi connectivity index (χ3n) is 5.59. The van der Waals surface area contributed by atoms with Crippen LogP contribution >= 0.6 is 0 Å². The van der Waals surface area contributed by atoms with Crippen LogP contribution in [-0.2, 0) is 16.3 Å². The van der Waals surface area contributed by atoms with E-state index in [9.17, 15) is 26.4 Å². The van der Waals surface area contributed by atoms with Gasteiger partial charge in [-0.1, -0.05) is 37.3 Å². The van der Waals surface area contributed by atoms with Gasteiger partial charge in [-0.3, -0.25) is 9.78 Å². The molecule has 1 N–H and O–H groups in total. The molecule has 4 aromatic rings. The van der Waals surface area contributed by atoms with Gasteiger partial charge in [0, 0.05) is 22.8 Å². The number of rotatable bonds is 5. The number of amides is 1. The number of aryl methyl sites for hydroxylation is 1. The van der Waals surface area contributed by atoms with E-state index in [-0.39, 0.29) is 11.3 Å². The Morgan fingerprint density at radius 3 is 2.36 bits per heavy atom. The zero-order chi connectivity index (χ0) is 26.1. The van der Waals surface area contributed by atoms with Crippen LogP contribution in [0.2, 0.25) is 0 Å². The maximum atomic E-state index is 13.1. The lowest BCUT2D eigenvalue weighted by Gasteiger charge is -2.13. The van der Waals surface area contributed by atoms with E-state index in [2.05, 4.69) is 17.2 Å². The van der Waals surface area contributed by atoms with Crippen molar-refractivity contribution in [3.63, 3.8) is 0 Å². The molecule has 1 amide bonds. The summed E-state index contributed by atoms with van der Waals surface area (Å²) in [6.45, 7) is 2.07. The molecule has 0 aliphatic rings. The van der Waals surface area contributed by atoms with Crippen LogP contribution in [0.3, 0.4) is 0 Å². The third kappa shape index (κ3) is 4.78. The van der Waals surface area contributed by atoms with Gasteiger partial charge in [-0.25, -0.2) is 8.42 Å². The van der Waals surface area contributed by atoms with E-state index in [4.69, 9.17) is 5.26 Å². The van der Waals surface area contributed by atoms with Crippen molar-refractivity contribution in [3.05, 3.63) is 89.6 Å². The largest absolute Gasteiger partial charge is 0.501 e. The maximum absolute atomic E-state index is 13.1. The number of fused-ring (bicyclic) bond motifs is 1. The van der Waals surface area contributed by atoms with Crippen LogP contribution in [0.25, 0.3) is 22.0 Å². The first-order valence-electron chi connectivity index (χ1n) is 10.7. The first-order chi connectivity index (χ1) is 17.0. The molecule has 1 heterocycles. The molecule has 0 aliphatic heterocycles. The van der Waals surface area contributed by atoms with E-state index in [1.807, 2.05) is 30.3 Å². The van der Waals surface area contributed by atoms with Gasteiger partial charge in [0.1, 0.15) is 0 Å². The number of anilines is 1. The summed E-state index contributed by atoms with van der Waals surface area (Å²) in [5.74, 6) is -1.10. The normalized spacial score (nSPS) is 11.8. The molecule has 0 saturated carbocycles. The fraction of sp³-hybridized carbons (Fsp3) is 0.115.